The average molecular weight is 436 g/mol. The van der Waals surface area contributed by atoms with E-state index in [9.17, 15) is 9.59 Å². The van der Waals surface area contributed by atoms with Crippen LogP contribution < -0.4 is 29.6 Å². The molecule has 2 N–H and O–H groups in total. The van der Waals surface area contributed by atoms with Crippen LogP contribution in [-0.4, -0.2) is 40.3 Å². The molecule has 2 amide bonds. The van der Waals surface area contributed by atoms with Crippen molar-refractivity contribution in [1.82, 2.24) is 0 Å². The first-order valence-electron chi connectivity index (χ1n) is 9.66. The number of anilines is 2. The quantitative estimate of drug-likeness (QED) is 0.549. The van der Waals surface area contributed by atoms with Gasteiger partial charge in [0.2, 0.25) is 0 Å². The molecule has 3 aromatic carbocycles. The number of rotatable bonds is 8. The van der Waals surface area contributed by atoms with E-state index < -0.39 is 0 Å². The lowest BCUT2D eigenvalue weighted by atomic mass is 10.1. The first-order chi connectivity index (χ1) is 15.5. The van der Waals surface area contributed by atoms with Crippen molar-refractivity contribution in [1.29, 1.82) is 0 Å². The SMILES string of the molecule is COc1ccc(C(=O)Nc2cccc(NC(=O)c3ccc(OC)c(OC)c3)c2)cc1OC. The Balaban J connectivity index is 1.73. The number of benzene rings is 3. The van der Waals surface area contributed by atoms with Gasteiger partial charge in [-0.05, 0) is 54.6 Å². The zero-order valence-electron chi connectivity index (χ0n) is 18.2. The van der Waals surface area contributed by atoms with E-state index in [4.69, 9.17) is 18.9 Å². The van der Waals surface area contributed by atoms with Gasteiger partial charge >= 0.3 is 0 Å². The maximum Gasteiger partial charge on any atom is 0.255 e. The molecule has 8 heteroatoms. The minimum Gasteiger partial charge on any atom is -0.493 e. The molecule has 0 spiro atoms. The van der Waals surface area contributed by atoms with Gasteiger partial charge in [-0.1, -0.05) is 6.07 Å². The van der Waals surface area contributed by atoms with Crippen LogP contribution in [-0.2, 0) is 0 Å². The molecule has 166 valence electrons. The summed E-state index contributed by atoms with van der Waals surface area (Å²) in [6, 6.07) is 16.6. The van der Waals surface area contributed by atoms with Gasteiger partial charge in [-0.3, -0.25) is 9.59 Å². The van der Waals surface area contributed by atoms with Crippen LogP contribution in [0.25, 0.3) is 0 Å². The zero-order valence-corrected chi connectivity index (χ0v) is 18.2. The molecule has 0 heterocycles. The van der Waals surface area contributed by atoms with Crippen molar-refractivity contribution in [2.45, 2.75) is 0 Å². The summed E-state index contributed by atoms with van der Waals surface area (Å²) in [6.07, 6.45) is 0. The highest BCUT2D eigenvalue weighted by atomic mass is 16.5. The van der Waals surface area contributed by atoms with Crippen LogP contribution in [0.5, 0.6) is 23.0 Å². The molecular weight excluding hydrogens is 412 g/mol. The van der Waals surface area contributed by atoms with Crippen molar-refractivity contribution in [2.24, 2.45) is 0 Å². The Morgan fingerprint density at radius 2 is 0.969 bits per heavy atom. The third-order valence-corrected chi connectivity index (χ3v) is 4.67. The van der Waals surface area contributed by atoms with Crippen LogP contribution in [0, 0.1) is 0 Å². The summed E-state index contributed by atoms with van der Waals surface area (Å²) in [5.74, 6) is 1.32. The number of nitrogens with one attached hydrogen (secondary N) is 2. The summed E-state index contributed by atoms with van der Waals surface area (Å²) in [6.45, 7) is 0. The molecule has 0 bridgehead atoms. The van der Waals surface area contributed by atoms with Gasteiger partial charge < -0.3 is 29.6 Å². The van der Waals surface area contributed by atoms with Crippen LogP contribution in [0.4, 0.5) is 11.4 Å². The monoisotopic (exact) mass is 436 g/mol. The lowest BCUT2D eigenvalue weighted by Crippen LogP contribution is -2.14. The van der Waals surface area contributed by atoms with E-state index in [0.717, 1.165) is 0 Å². The summed E-state index contributed by atoms with van der Waals surface area (Å²) >= 11 is 0. The highest BCUT2D eigenvalue weighted by molar-refractivity contribution is 6.06. The second kappa shape index (κ2) is 10.2. The van der Waals surface area contributed by atoms with Gasteiger partial charge in [-0.25, -0.2) is 0 Å². The molecule has 0 fully saturated rings. The van der Waals surface area contributed by atoms with Gasteiger partial charge in [0.15, 0.2) is 23.0 Å². The second-order valence-corrected chi connectivity index (χ2v) is 6.63. The smallest absolute Gasteiger partial charge is 0.255 e. The van der Waals surface area contributed by atoms with Gasteiger partial charge in [-0.2, -0.15) is 0 Å². The van der Waals surface area contributed by atoms with Crippen LogP contribution in [0.1, 0.15) is 20.7 Å². The van der Waals surface area contributed by atoms with Crippen molar-refractivity contribution in [3.8, 4) is 23.0 Å². The molecule has 0 unspecified atom stereocenters. The third kappa shape index (κ3) is 5.10. The van der Waals surface area contributed by atoms with E-state index >= 15 is 0 Å². The summed E-state index contributed by atoms with van der Waals surface area (Å²) in [7, 11) is 6.06. The molecule has 3 aromatic rings. The van der Waals surface area contributed by atoms with Crippen LogP contribution in [0.15, 0.2) is 60.7 Å². The summed E-state index contributed by atoms with van der Waals surface area (Å²) < 4.78 is 20.9. The fraction of sp³-hybridized carbons (Fsp3) is 0.167. The van der Waals surface area contributed by atoms with Crippen molar-refractivity contribution in [2.75, 3.05) is 39.1 Å². The molecule has 8 nitrogen and oxygen atoms in total. The number of ether oxygens (including phenoxy) is 4. The van der Waals surface area contributed by atoms with Crippen LogP contribution in [0.2, 0.25) is 0 Å². The number of carbonyl (C=O) groups is 2. The van der Waals surface area contributed by atoms with Crippen molar-refractivity contribution in [3.63, 3.8) is 0 Å². The molecule has 0 aliphatic rings. The Kier molecular flexibility index (Phi) is 7.17. The van der Waals surface area contributed by atoms with Crippen molar-refractivity contribution in [3.05, 3.63) is 71.8 Å². The normalized spacial score (nSPS) is 10.1. The number of amides is 2. The largest absolute Gasteiger partial charge is 0.493 e. The first kappa shape index (κ1) is 22.5. The minimum atomic E-state index is -0.325. The third-order valence-electron chi connectivity index (χ3n) is 4.67. The number of methoxy groups -OCH3 is 4. The van der Waals surface area contributed by atoms with Gasteiger partial charge in [0, 0.05) is 22.5 Å². The summed E-state index contributed by atoms with van der Waals surface area (Å²) in [4.78, 5) is 25.3. The second-order valence-electron chi connectivity index (χ2n) is 6.63. The molecule has 0 aliphatic carbocycles. The topological polar surface area (TPSA) is 95.1 Å². The molecule has 0 aromatic heterocycles. The van der Waals surface area contributed by atoms with Crippen LogP contribution in [0.3, 0.4) is 0 Å². The van der Waals surface area contributed by atoms with E-state index in [1.54, 1.807) is 60.7 Å². The lowest BCUT2D eigenvalue weighted by Gasteiger charge is -2.12. The van der Waals surface area contributed by atoms with E-state index in [1.807, 2.05) is 0 Å². The number of hydrogen-bond acceptors (Lipinski definition) is 6. The average Bonchev–Trinajstić information content (AvgIpc) is 2.83. The summed E-state index contributed by atoms with van der Waals surface area (Å²) in [5, 5.41) is 5.62. The number of carbonyl (C=O) groups excluding carboxylic acids is 2. The van der Waals surface area contributed by atoms with E-state index in [-0.39, 0.29) is 11.8 Å². The highest BCUT2D eigenvalue weighted by Crippen LogP contribution is 2.29. The molecule has 0 radical (unpaired) electrons. The number of hydrogen-bond donors (Lipinski definition) is 2. The Morgan fingerprint density at radius 1 is 0.562 bits per heavy atom. The Hall–Kier alpha value is -4.20. The zero-order chi connectivity index (χ0) is 23.1. The van der Waals surface area contributed by atoms with Gasteiger partial charge in [-0.15, -0.1) is 0 Å². The lowest BCUT2D eigenvalue weighted by molar-refractivity contribution is 0.101. The summed E-state index contributed by atoms with van der Waals surface area (Å²) in [5.41, 5.74) is 1.86. The Labute approximate surface area is 186 Å². The Bertz CT molecular complexity index is 1040. The fourth-order valence-corrected chi connectivity index (χ4v) is 3.04. The maximum atomic E-state index is 12.6. The molecular formula is C24H24N2O6. The van der Waals surface area contributed by atoms with Crippen LogP contribution >= 0.6 is 0 Å². The molecule has 0 saturated carbocycles. The molecule has 32 heavy (non-hydrogen) atoms. The minimum absolute atomic E-state index is 0.325. The standard InChI is InChI=1S/C24H24N2O6/c1-29-19-10-8-15(12-21(19)31-3)23(27)25-17-6-5-7-18(14-17)26-24(28)16-9-11-20(30-2)22(13-16)32-4/h5-14H,1-4H3,(H,25,27)(H,26,28). The van der Waals surface area contributed by atoms with Gasteiger partial charge in [0.25, 0.3) is 11.8 Å². The van der Waals surface area contributed by atoms with E-state index in [0.29, 0.717) is 45.5 Å². The highest BCUT2D eigenvalue weighted by Gasteiger charge is 2.13. The van der Waals surface area contributed by atoms with Crippen molar-refractivity contribution >= 4 is 23.2 Å². The molecule has 3 rings (SSSR count). The van der Waals surface area contributed by atoms with Gasteiger partial charge in [0.05, 0.1) is 28.4 Å². The van der Waals surface area contributed by atoms with Crippen molar-refractivity contribution < 1.29 is 28.5 Å². The Morgan fingerprint density at radius 3 is 1.34 bits per heavy atom. The molecule has 0 aliphatic heterocycles. The predicted octanol–water partition coefficient (Wildman–Crippen LogP) is 4.23. The molecule has 0 saturated heterocycles. The van der Waals surface area contributed by atoms with Gasteiger partial charge in [0.1, 0.15) is 0 Å². The predicted molar refractivity (Wildman–Crippen MR) is 121 cm³/mol. The van der Waals surface area contributed by atoms with E-state index in [1.165, 1.54) is 28.4 Å². The molecule has 0 atom stereocenters. The van der Waals surface area contributed by atoms with E-state index in [2.05, 4.69) is 10.6 Å². The maximum absolute atomic E-state index is 12.6. The first-order valence-corrected chi connectivity index (χ1v) is 9.66. The fourth-order valence-electron chi connectivity index (χ4n) is 3.04.